The van der Waals surface area contributed by atoms with E-state index >= 15 is 0 Å². The summed E-state index contributed by atoms with van der Waals surface area (Å²) in [5, 5.41) is 13.6. The van der Waals surface area contributed by atoms with Gasteiger partial charge in [-0.15, -0.1) is 0 Å². The quantitative estimate of drug-likeness (QED) is 0.334. The molecular formula is C12H19N5O2. The normalized spacial score (nSPS) is 11.6. The molecule has 1 rings (SSSR count). The van der Waals surface area contributed by atoms with Crippen LogP contribution in [0, 0.1) is 10.1 Å². The van der Waals surface area contributed by atoms with Crippen LogP contribution in [0.4, 0.5) is 0 Å². The van der Waals surface area contributed by atoms with E-state index in [1.807, 2.05) is 31.1 Å². The Labute approximate surface area is 112 Å². The van der Waals surface area contributed by atoms with Gasteiger partial charge in [-0.05, 0) is 25.7 Å². The van der Waals surface area contributed by atoms with Crippen molar-refractivity contribution in [2.75, 3.05) is 33.7 Å². The lowest BCUT2D eigenvalue weighted by Gasteiger charge is -2.11. The Bertz CT molecular complexity index is 419. The molecule has 0 radical (unpaired) electrons. The summed E-state index contributed by atoms with van der Waals surface area (Å²) in [4.78, 5) is 20.4. The summed E-state index contributed by atoms with van der Waals surface area (Å²) in [6.45, 7) is 1.54. The molecule has 19 heavy (non-hydrogen) atoms. The largest absolute Gasteiger partial charge is 0.367 e. The number of amidine groups is 1. The van der Waals surface area contributed by atoms with Crippen LogP contribution in [0.25, 0.3) is 0 Å². The van der Waals surface area contributed by atoms with Crippen molar-refractivity contribution < 1.29 is 4.92 Å². The second-order valence-corrected chi connectivity index (χ2v) is 4.35. The maximum Gasteiger partial charge on any atom is 0.259 e. The molecule has 0 aromatic carbocycles. The van der Waals surface area contributed by atoms with Crippen LogP contribution in [-0.4, -0.2) is 54.4 Å². The first-order chi connectivity index (χ1) is 9.08. The fourth-order valence-electron chi connectivity index (χ4n) is 1.39. The molecule has 0 spiro atoms. The molecule has 7 nitrogen and oxygen atoms in total. The van der Waals surface area contributed by atoms with Crippen LogP contribution >= 0.6 is 0 Å². The Balaban J connectivity index is 2.54. The van der Waals surface area contributed by atoms with Crippen LogP contribution in [0.5, 0.6) is 0 Å². The molecule has 1 aromatic rings. The molecule has 1 heterocycles. The number of hydrogen-bond donors (Lipinski definition) is 1. The summed E-state index contributed by atoms with van der Waals surface area (Å²) in [5.41, 5.74) is 0.928. The first-order valence-corrected chi connectivity index (χ1v) is 6.00. The van der Waals surface area contributed by atoms with Gasteiger partial charge in [-0.1, -0.05) is 6.07 Å². The van der Waals surface area contributed by atoms with E-state index in [4.69, 9.17) is 0 Å². The number of likely N-dealkylation sites (N-methyl/N-ethyl adjacent to an activating group) is 1. The van der Waals surface area contributed by atoms with Gasteiger partial charge in [-0.3, -0.25) is 20.1 Å². The zero-order chi connectivity index (χ0) is 14.1. The number of aliphatic imine (C=N–C) groups is 1. The van der Waals surface area contributed by atoms with Crippen LogP contribution < -0.4 is 5.32 Å². The summed E-state index contributed by atoms with van der Waals surface area (Å²) in [5.74, 6) is 0.399. The zero-order valence-electron chi connectivity index (χ0n) is 11.2. The molecule has 0 aliphatic rings. The van der Waals surface area contributed by atoms with Crippen molar-refractivity contribution >= 4 is 5.84 Å². The molecule has 0 aliphatic heterocycles. The van der Waals surface area contributed by atoms with E-state index in [1.165, 1.54) is 0 Å². The first kappa shape index (κ1) is 15.0. The van der Waals surface area contributed by atoms with Crippen LogP contribution in [0.1, 0.15) is 5.56 Å². The molecule has 1 aromatic heterocycles. The summed E-state index contributed by atoms with van der Waals surface area (Å²) in [6.07, 6.45) is 3.38. The highest BCUT2D eigenvalue weighted by atomic mass is 16.6. The average molecular weight is 265 g/mol. The van der Waals surface area contributed by atoms with Gasteiger partial charge in [0.2, 0.25) is 0 Å². The number of hydrogen-bond acceptors (Lipinski definition) is 5. The van der Waals surface area contributed by atoms with Gasteiger partial charge >= 0.3 is 0 Å². The van der Waals surface area contributed by atoms with Crippen molar-refractivity contribution in [2.45, 2.75) is 6.54 Å². The third-order valence-corrected chi connectivity index (χ3v) is 2.34. The molecule has 0 bridgehead atoms. The van der Waals surface area contributed by atoms with Crippen LogP contribution in [0.2, 0.25) is 0 Å². The van der Waals surface area contributed by atoms with Crippen molar-refractivity contribution in [3.05, 3.63) is 40.2 Å². The van der Waals surface area contributed by atoms with Gasteiger partial charge in [0.15, 0.2) is 5.84 Å². The van der Waals surface area contributed by atoms with Gasteiger partial charge in [-0.25, -0.2) is 0 Å². The van der Waals surface area contributed by atoms with Gasteiger partial charge in [0.05, 0.1) is 6.54 Å². The van der Waals surface area contributed by atoms with Crippen LogP contribution in [-0.2, 0) is 6.54 Å². The Kier molecular flexibility index (Phi) is 6.45. The number of pyridine rings is 1. The van der Waals surface area contributed by atoms with Crippen molar-refractivity contribution in [3.63, 3.8) is 0 Å². The zero-order valence-corrected chi connectivity index (χ0v) is 11.2. The molecular weight excluding hydrogens is 246 g/mol. The predicted octanol–water partition coefficient (Wildman–Crippen LogP) is 0.408. The fraction of sp³-hybridized carbons (Fsp3) is 0.500. The van der Waals surface area contributed by atoms with E-state index < -0.39 is 0 Å². The smallest absolute Gasteiger partial charge is 0.259 e. The first-order valence-electron chi connectivity index (χ1n) is 6.00. The average Bonchev–Trinajstić information content (AvgIpc) is 2.36. The van der Waals surface area contributed by atoms with Crippen molar-refractivity contribution in [3.8, 4) is 0 Å². The molecule has 0 unspecified atom stereocenters. The molecule has 7 heteroatoms. The van der Waals surface area contributed by atoms with Gasteiger partial charge in [-0.2, -0.15) is 0 Å². The maximum atomic E-state index is 10.6. The Morgan fingerprint density at radius 1 is 1.58 bits per heavy atom. The molecule has 0 atom stereocenters. The lowest BCUT2D eigenvalue weighted by atomic mass is 10.3. The number of aromatic nitrogens is 1. The summed E-state index contributed by atoms with van der Waals surface area (Å²) in [7, 11) is 3.89. The Morgan fingerprint density at radius 2 is 2.37 bits per heavy atom. The van der Waals surface area contributed by atoms with E-state index in [9.17, 15) is 10.1 Å². The molecule has 0 fully saturated rings. The Morgan fingerprint density at radius 3 is 2.95 bits per heavy atom. The Hall–Kier alpha value is -2.02. The van der Waals surface area contributed by atoms with Crippen molar-refractivity contribution in [2.24, 2.45) is 4.99 Å². The van der Waals surface area contributed by atoms with Gasteiger partial charge < -0.3 is 10.2 Å². The monoisotopic (exact) mass is 265 g/mol. The van der Waals surface area contributed by atoms with E-state index in [0.29, 0.717) is 18.9 Å². The molecule has 0 saturated carbocycles. The van der Waals surface area contributed by atoms with Gasteiger partial charge in [0, 0.05) is 30.4 Å². The summed E-state index contributed by atoms with van der Waals surface area (Å²) >= 11 is 0. The lowest BCUT2D eigenvalue weighted by molar-refractivity contribution is -0.463. The topological polar surface area (TPSA) is 83.7 Å². The standard InChI is InChI=1S/C12H19N5O2/c1-16(2)7-6-14-12(10-17(18)19)15-9-11-4-3-5-13-8-11/h3-5,8H,6-7,9-10H2,1-2H3,(H,14,15). The van der Waals surface area contributed by atoms with E-state index in [-0.39, 0.29) is 11.5 Å². The minimum absolute atomic E-state index is 0.284. The second kappa shape index (κ2) is 8.15. The predicted molar refractivity (Wildman–Crippen MR) is 73.8 cm³/mol. The highest BCUT2D eigenvalue weighted by molar-refractivity contribution is 5.83. The number of nitrogens with one attached hydrogen (secondary N) is 1. The number of rotatable bonds is 7. The minimum Gasteiger partial charge on any atom is -0.367 e. The van der Waals surface area contributed by atoms with Gasteiger partial charge in [0.1, 0.15) is 0 Å². The van der Waals surface area contributed by atoms with Gasteiger partial charge in [0.25, 0.3) is 6.54 Å². The van der Waals surface area contributed by atoms with Crippen molar-refractivity contribution in [1.82, 2.24) is 15.2 Å². The fourth-order valence-corrected chi connectivity index (χ4v) is 1.39. The van der Waals surface area contributed by atoms with E-state index in [0.717, 1.165) is 12.1 Å². The minimum atomic E-state index is -0.384. The number of nitrogens with zero attached hydrogens (tertiary/aromatic N) is 4. The van der Waals surface area contributed by atoms with Crippen molar-refractivity contribution in [1.29, 1.82) is 0 Å². The molecule has 0 aliphatic carbocycles. The molecule has 104 valence electrons. The lowest BCUT2D eigenvalue weighted by Crippen LogP contribution is -2.35. The summed E-state index contributed by atoms with van der Waals surface area (Å²) in [6, 6.07) is 3.71. The highest BCUT2D eigenvalue weighted by Gasteiger charge is 2.06. The number of nitro groups is 1. The third kappa shape index (κ3) is 7.10. The molecule has 0 saturated heterocycles. The van der Waals surface area contributed by atoms with Crippen LogP contribution in [0.15, 0.2) is 29.5 Å². The summed E-state index contributed by atoms with van der Waals surface area (Å²) < 4.78 is 0. The van der Waals surface area contributed by atoms with E-state index in [2.05, 4.69) is 15.3 Å². The maximum absolute atomic E-state index is 10.6. The molecule has 1 N–H and O–H groups in total. The second-order valence-electron chi connectivity index (χ2n) is 4.35. The highest BCUT2D eigenvalue weighted by Crippen LogP contribution is 1.97. The third-order valence-electron chi connectivity index (χ3n) is 2.34. The SMILES string of the molecule is CN(C)CCNC(C[N+](=O)[O-])=NCc1cccnc1. The van der Waals surface area contributed by atoms with E-state index in [1.54, 1.807) is 12.4 Å². The van der Waals surface area contributed by atoms with Crippen LogP contribution in [0.3, 0.4) is 0 Å². The molecule has 0 amide bonds.